The standard InChI is InChI=1S/C8H7ClO3.Na/c1-6(10)11-12-8-5-3-2-4-7(8)9;/h2-5H,1H3;. The molecule has 1 aromatic rings. The molecule has 0 saturated heterocycles. The van der Waals surface area contributed by atoms with Crippen molar-refractivity contribution >= 4 is 47.1 Å². The number of benzene rings is 1. The van der Waals surface area contributed by atoms with Crippen LogP contribution in [0.2, 0.25) is 5.02 Å². The van der Waals surface area contributed by atoms with Crippen LogP contribution < -0.4 is 4.89 Å². The van der Waals surface area contributed by atoms with E-state index in [-0.39, 0.29) is 29.6 Å². The topological polar surface area (TPSA) is 35.5 Å². The normalized spacial score (nSPS) is 8.46. The van der Waals surface area contributed by atoms with Crippen LogP contribution in [0.1, 0.15) is 6.92 Å². The van der Waals surface area contributed by atoms with E-state index in [0.717, 1.165) is 0 Å². The number of rotatable bonds is 2. The molecule has 0 aliphatic heterocycles. The van der Waals surface area contributed by atoms with E-state index in [9.17, 15) is 4.79 Å². The second kappa shape index (κ2) is 6.27. The van der Waals surface area contributed by atoms with Gasteiger partial charge in [0.2, 0.25) is 0 Å². The van der Waals surface area contributed by atoms with Crippen molar-refractivity contribution < 1.29 is 14.6 Å². The predicted molar refractivity (Wildman–Crippen MR) is 49.6 cm³/mol. The monoisotopic (exact) mass is 209 g/mol. The van der Waals surface area contributed by atoms with Crippen molar-refractivity contribution in [2.75, 3.05) is 0 Å². The van der Waals surface area contributed by atoms with E-state index >= 15 is 0 Å². The molecule has 1 aromatic carbocycles. The van der Waals surface area contributed by atoms with Gasteiger partial charge in [0, 0.05) is 36.5 Å². The number of hydrogen-bond donors (Lipinski definition) is 0. The first kappa shape index (κ1) is 12.8. The summed E-state index contributed by atoms with van der Waals surface area (Å²) in [4.78, 5) is 19.2. The number of carbonyl (C=O) groups excluding carboxylic acids is 1. The fraction of sp³-hybridized carbons (Fsp3) is 0.125. The molecule has 0 aromatic heterocycles. The third-order valence-corrected chi connectivity index (χ3v) is 1.40. The van der Waals surface area contributed by atoms with E-state index < -0.39 is 5.97 Å². The van der Waals surface area contributed by atoms with Gasteiger partial charge in [-0.3, -0.25) is 9.78 Å². The summed E-state index contributed by atoms with van der Waals surface area (Å²) in [7, 11) is 0. The molecule has 13 heavy (non-hydrogen) atoms. The molecule has 0 atom stereocenters. The largest absolute Gasteiger partial charge is 0.352 e. The quantitative estimate of drug-likeness (QED) is 0.423. The maximum absolute atomic E-state index is 10.3. The summed E-state index contributed by atoms with van der Waals surface area (Å²) in [6, 6.07) is 6.72. The van der Waals surface area contributed by atoms with Crippen molar-refractivity contribution in [1.82, 2.24) is 0 Å². The van der Waals surface area contributed by atoms with Gasteiger partial charge in [0.25, 0.3) is 0 Å². The Morgan fingerprint density at radius 1 is 1.38 bits per heavy atom. The van der Waals surface area contributed by atoms with Gasteiger partial charge < -0.3 is 0 Å². The van der Waals surface area contributed by atoms with E-state index in [2.05, 4.69) is 9.78 Å². The third-order valence-electron chi connectivity index (χ3n) is 1.09. The molecular formula is C8H7ClNaO3. The Morgan fingerprint density at radius 2 is 2.00 bits per heavy atom. The maximum Gasteiger partial charge on any atom is 0.352 e. The molecule has 0 aliphatic carbocycles. The fourth-order valence-corrected chi connectivity index (χ4v) is 0.783. The molecule has 3 nitrogen and oxygen atoms in total. The van der Waals surface area contributed by atoms with Gasteiger partial charge in [-0.2, -0.15) is 0 Å². The van der Waals surface area contributed by atoms with Gasteiger partial charge in [0.15, 0.2) is 5.75 Å². The fourth-order valence-electron chi connectivity index (χ4n) is 0.616. The van der Waals surface area contributed by atoms with Crippen molar-refractivity contribution in [1.29, 1.82) is 0 Å². The summed E-state index contributed by atoms with van der Waals surface area (Å²) in [5.74, 6) is -0.190. The maximum atomic E-state index is 10.3. The smallest absolute Gasteiger partial charge is 0.285 e. The van der Waals surface area contributed by atoms with Gasteiger partial charge in [0.1, 0.15) is 0 Å². The Balaban J connectivity index is 0.00000144. The molecule has 1 rings (SSSR count). The molecule has 0 bridgehead atoms. The third kappa shape index (κ3) is 4.52. The molecule has 0 heterocycles. The summed E-state index contributed by atoms with van der Waals surface area (Å²) in [5.41, 5.74) is 0. The van der Waals surface area contributed by atoms with Crippen LogP contribution >= 0.6 is 11.6 Å². The van der Waals surface area contributed by atoms with Crippen LogP contribution in [0.15, 0.2) is 24.3 Å². The summed E-state index contributed by atoms with van der Waals surface area (Å²) >= 11 is 5.69. The minimum absolute atomic E-state index is 0. The first-order chi connectivity index (χ1) is 5.70. The number of carbonyl (C=O) groups is 1. The van der Waals surface area contributed by atoms with Gasteiger partial charge in [0.05, 0.1) is 5.02 Å². The molecule has 0 spiro atoms. The molecule has 0 fully saturated rings. The Labute approximate surface area is 103 Å². The van der Waals surface area contributed by atoms with Crippen molar-refractivity contribution in [3.8, 4) is 5.75 Å². The Bertz CT molecular complexity index is 290. The van der Waals surface area contributed by atoms with Gasteiger partial charge >= 0.3 is 5.97 Å². The average molecular weight is 210 g/mol. The summed E-state index contributed by atoms with van der Waals surface area (Å²) in [5, 5.41) is 0.402. The predicted octanol–water partition coefficient (Wildman–Crippen LogP) is 1.82. The second-order valence-electron chi connectivity index (χ2n) is 2.09. The van der Waals surface area contributed by atoms with Crippen molar-refractivity contribution in [2.24, 2.45) is 0 Å². The number of hydrogen-bond acceptors (Lipinski definition) is 3. The molecule has 0 amide bonds. The van der Waals surface area contributed by atoms with Crippen LogP contribution in [-0.4, -0.2) is 35.5 Å². The first-order valence-electron chi connectivity index (χ1n) is 3.30. The average Bonchev–Trinajstić information content (AvgIpc) is 2.03. The minimum atomic E-state index is -0.519. The zero-order valence-electron chi connectivity index (χ0n) is 7.41. The van der Waals surface area contributed by atoms with Crippen LogP contribution in [0, 0.1) is 0 Å². The van der Waals surface area contributed by atoms with Crippen LogP contribution in [0.4, 0.5) is 0 Å². The van der Waals surface area contributed by atoms with Crippen LogP contribution in [-0.2, 0) is 9.68 Å². The van der Waals surface area contributed by atoms with E-state index in [1.54, 1.807) is 24.3 Å². The Hall–Kier alpha value is -0.220. The Kier molecular flexibility index (Phi) is 6.16. The van der Waals surface area contributed by atoms with E-state index in [4.69, 9.17) is 11.6 Å². The first-order valence-corrected chi connectivity index (χ1v) is 3.67. The van der Waals surface area contributed by atoms with Crippen LogP contribution in [0.5, 0.6) is 5.75 Å². The van der Waals surface area contributed by atoms with E-state index in [0.29, 0.717) is 10.8 Å². The zero-order valence-corrected chi connectivity index (χ0v) is 10.2. The summed E-state index contributed by atoms with van der Waals surface area (Å²) in [6.45, 7) is 1.25. The second-order valence-corrected chi connectivity index (χ2v) is 2.50. The van der Waals surface area contributed by atoms with Gasteiger partial charge in [-0.1, -0.05) is 23.7 Å². The zero-order chi connectivity index (χ0) is 8.97. The molecule has 0 unspecified atom stereocenters. The molecule has 0 saturated carbocycles. The molecule has 0 aliphatic rings. The van der Waals surface area contributed by atoms with Crippen molar-refractivity contribution in [2.45, 2.75) is 6.92 Å². The minimum Gasteiger partial charge on any atom is -0.285 e. The molecule has 1 radical (unpaired) electrons. The number of halogens is 1. The van der Waals surface area contributed by atoms with Gasteiger partial charge in [-0.15, -0.1) is 0 Å². The SMILES string of the molecule is CC(=O)OOc1ccccc1Cl.[Na]. The van der Waals surface area contributed by atoms with E-state index in [1.165, 1.54) is 6.92 Å². The molecule has 65 valence electrons. The van der Waals surface area contributed by atoms with Gasteiger partial charge in [-0.05, 0) is 12.1 Å². The summed E-state index contributed by atoms with van der Waals surface area (Å²) in [6.07, 6.45) is 0. The van der Waals surface area contributed by atoms with Crippen LogP contribution in [0.3, 0.4) is 0 Å². The molecular weight excluding hydrogens is 203 g/mol. The van der Waals surface area contributed by atoms with Crippen LogP contribution in [0.25, 0.3) is 0 Å². The molecule has 5 heteroatoms. The number of para-hydroxylation sites is 1. The van der Waals surface area contributed by atoms with Crippen molar-refractivity contribution in [3.05, 3.63) is 29.3 Å². The molecule has 0 N–H and O–H groups in total. The van der Waals surface area contributed by atoms with Gasteiger partial charge in [-0.25, -0.2) is 4.79 Å². The van der Waals surface area contributed by atoms with Crippen molar-refractivity contribution in [3.63, 3.8) is 0 Å². The van der Waals surface area contributed by atoms with E-state index in [1.807, 2.05) is 0 Å². The summed E-state index contributed by atoms with van der Waals surface area (Å²) < 4.78 is 0. The Morgan fingerprint density at radius 3 is 2.54 bits per heavy atom.